The van der Waals surface area contributed by atoms with Crippen LogP contribution in [0.2, 0.25) is 10.0 Å². The zero-order valence-electron chi connectivity index (χ0n) is 14.1. The zero-order valence-corrected chi connectivity index (χ0v) is 15.6. The summed E-state index contributed by atoms with van der Waals surface area (Å²) in [5.74, 6) is -0.342. The number of hydrogen-bond donors (Lipinski definition) is 0. The van der Waals surface area contributed by atoms with Crippen molar-refractivity contribution in [2.24, 2.45) is 0 Å². The van der Waals surface area contributed by atoms with Crippen molar-refractivity contribution in [2.75, 3.05) is 7.11 Å². The highest BCUT2D eigenvalue weighted by atomic mass is 35.5. The van der Waals surface area contributed by atoms with Crippen molar-refractivity contribution in [1.29, 1.82) is 0 Å². The van der Waals surface area contributed by atoms with E-state index in [-0.39, 0.29) is 5.97 Å². The Bertz CT molecular complexity index is 960. The summed E-state index contributed by atoms with van der Waals surface area (Å²) in [4.78, 5) is 11.5. The van der Waals surface area contributed by atoms with E-state index >= 15 is 0 Å². The lowest BCUT2D eigenvalue weighted by Crippen LogP contribution is -2.00. The van der Waals surface area contributed by atoms with Crippen molar-refractivity contribution in [1.82, 2.24) is 0 Å². The molecule has 0 amide bonds. The van der Waals surface area contributed by atoms with Crippen molar-refractivity contribution in [2.45, 2.75) is 0 Å². The van der Waals surface area contributed by atoms with Crippen LogP contribution in [-0.4, -0.2) is 13.1 Å². The summed E-state index contributed by atoms with van der Waals surface area (Å²) in [6.45, 7) is 0. The van der Waals surface area contributed by atoms with Crippen molar-refractivity contribution in [3.8, 4) is 11.1 Å². The molecule has 3 aromatic carbocycles. The van der Waals surface area contributed by atoms with Crippen LogP contribution in [0.15, 0.2) is 66.7 Å². The smallest absolute Gasteiger partial charge is 0.337 e. The Kier molecular flexibility index (Phi) is 5.77. The van der Waals surface area contributed by atoms with Crippen LogP contribution in [0.3, 0.4) is 0 Å². The number of carbonyl (C=O) groups is 1. The summed E-state index contributed by atoms with van der Waals surface area (Å²) in [5.41, 5.74) is 4.64. The predicted octanol–water partition coefficient (Wildman–Crippen LogP) is 6.62. The average Bonchev–Trinajstić information content (AvgIpc) is 2.68. The Labute approximate surface area is 162 Å². The monoisotopic (exact) mass is 382 g/mol. The summed E-state index contributed by atoms with van der Waals surface area (Å²) in [5, 5.41) is 1.07. The van der Waals surface area contributed by atoms with Gasteiger partial charge in [0.2, 0.25) is 0 Å². The molecule has 0 unspecified atom stereocenters. The summed E-state index contributed by atoms with van der Waals surface area (Å²) in [6, 6.07) is 20.9. The molecule has 26 heavy (non-hydrogen) atoms. The molecule has 0 aromatic heterocycles. The second-order valence-corrected chi connectivity index (χ2v) is 6.48. The fourth-order valence-electron chi connectivity index (χ4n) is 2.60. The van der Waals surface area contributed by atoms with Crippen molar-refractivity contribution in [3.63, 3.8) is 0 Å². The Hall–Kier alpha value is -2.55. The van der Waals surface area contributed by atoms with Crippen LogP contribution in [0.4, 0.5) is 0 Å². The first-order chi connectivity index (χ1) is 12.6. The summed E-state index contributed by atoms with van der Waals surface area (Å²) >= 11 is 12.2. The normalized spacial score (nSPS) is 10.9. The van der Waals surface area contributed by atoms with Crippen molar-refractivity contribution < 1.29 is 9.53 Å². The lowest BCUT2D eigenvalue weighted by atomic mass is 9.99. The van der Waals surface area contributed by atoms with Gasteiger partial charge in [0.15, 0.2) is 0 Å². The van der Waals surface area contributed by atoms with Crippen LogP contribution in [0.1, 0.15) is 21.5 Å². The molecular formula is C22H16Cl2O2. The van der Waals surface area contributed by atoms with E-state index in [2.05, 4.69) is 0 Å². The average molecular weight is 383 g/mol. The first kappa shape index (κ1) is 18.2. The van der Waals surface area contributed by atoms with Gasteiger partial charge in [0.1, 0.15) is 0 Å². The highest BCUT2D eigenvalue weighted by Crippen LogP contribution is 2.31. The minimum absolute atomic E-state index is 0.342. The Balaban J connectivity index is 1.89. The number of rotatable bonds is 4. The van der Waals surface area contributed by atoms with E-state index in [4.69, 9.17) is 27.9 Å². The van der Waals surface area contributed by atoms with Crippen molar-refractivity contribution in [3.05, 3.63) is 93.5 Å². The standard InChI is InChI=1S/C22H16Cl2O2/c1-26-22(25)17-10-7-15(8-11-17)6-9-16-4-2-3-5-19(16)18-12-13-20(23)21(24)14-18/h2-14H,1H3. The molecule has 0 spiro atoms. The van der Waals surface area contributed by atoms with E-state index in [1.54, 1.807) is 18.2 Å². The molecule has 0 aliphatic rings. The van der Waals surface area contributed by atoms with Gasteiger partial charge < -0.3 is 4.74 Å². The van der Waals surface area contributed by atoms with E-state index in [1.165, 1.54) is 7.11 Å². The zero-order chi connectivity index (χ0) is 18.5. The Morgan fingerprint density at radius 1 is 0.885 bits per heavy atom. The Morgan fingerprint density at radius 2 is 1.62 bits per heavy atom. The lowest BCUT2D eigenvalue weighted by Gasteiger charge is -2.08. The SMILES string of the molecule is COC(=O)c1ccc(C=Cc2ccccc2-c2ccc(Cl)c(Cl)c2)cc1. The van der Waals surface area contributed by atoms with E-state index in [1.807, 2.05) is 60.7 Å². The minimum atomic E-state index is -0.342. The van der Waals surface area contributed by atoms with Gasteiger partial charge in [-0.3, -0.25) is 0 Å². The van der Waals surface area contributed by atoms with Crippen LogP contribution >= 0.6 is 23.2 Å². The van der Waals surface area contributed by atoms with E-state index < -0.39 is 0 Å². The third-order valence-electron chi connectivity index (χ3n) is 3.98. The fraction of sp³-hybridized carbons (Fsp3) is 0.0455. The molecule has 0 heterocycles. The number of ether oxygens (including phenoxy) is 1. The number of halogens is 2. The highest BCUT2D eigenvalue weighted by molar-refractivity contribution is 6.42. The van der Waals surface area contributed by atoms with Crippen LogP contribution in [-0.2, 0) is 4.74 Å². The maximum atomic E-state index is 11.5. The van der Waals surface area contributed by atoms with Gasteiger partial charge in [0, 0.05) is 0 Å². The van der Waals surface area contributed by atoms with E-state index in [9.17, 15) is 4.79 Å². The molecule has 2 nitrogen and oxygen atoms in total. The summed E-state index contributed by atoms with van der Waals surface area (Å²) in [7, 11) is 1.37. The van der Waals surface area contributed by atoms with Crippen LogP contribution < -0.4 is 0 Å². The topological polar surface area (TPSA) is 26.3 Å². The molecule has 0 aliphatic carbocycles. The van der Waals surface area contributed by atoms with Crippen molar-refractivity contribution >= 4 is 41.3 Å². The van der Waals surface area contributed by atoms with Gasteiger partial charge in [0.05, 0.1) is 22.7 Å². The third kappa shape index (κ3) is 4.16. The molecule has 3 aromatic rings. The molecule has 0 saturated heterocycles. The van der Waals surface area contributed by atoms with E-state index in [0.29, 0.717) is 15.6 Å². The van der Waals surface area contributed by atoms with Gasteiger partial charge in [-0.25, -0.2) is 4.79 Å². The first-order valence-corrected chi connectivity index (χ1v) is 8.75. The molecule has 0 atom stereocenters. The highest BCUT2D eigenvalue weighted by Gasteiger charge is 2.06. The second kappa shape index (κ2) is 8.22. The van der Waals surface area contributed by atoms with Crippen LogP contribution in [0, 0.1) is 0 Å². The molecule has 3 rings (SSSR count). The van der Waals surface area contributed by atoms with Gasteiger partial charge in [-0.1, -0.05) is 77.8 Å². The molecule has 0 N–H and O–H groups in total. The molecule has 0 saturated carbocycles. The predicted molar refractivity (Wildman–Crippen MR) is 109 cm³/mol. The molecule has 4 heteroatoms. The Morgan fingerprint density at radius 3 is 2.31 bits per heavy atom. The first-order valence-electron chi connectivity index (χ1n) is 7.99. The molecule has 130 valence electrons. The van der Waals surface area contributed by atoms with Crippen LogP contribution in [0.25, 0.3) is 23.3 Å². The molecule has 0 fully saturated rings. The number of benzene rings is 3. The minimum Gasteiger partial charge on any atom is -0.465 e. The number of methoxy groups -OCH3 is 1. The maximum Gasteiger partial charge on any atom is 0.337 e. The lowest BCUT2D eigenvalue weighted by molar-refractivity contribution is 0.0600. The van der Waals surface area contributed by atoms with Gasteiger partial charge in [0.25, 0.3) is 0 Å². The van der Waals surface area contributed by atoms with Gasteiger partial charge in [-0.2, -0.15) is 0 Å². The van der Waals surface area contributed by atoms with E-state index in [0.717, 1.165) is 22.3 Å². The second-order valence-electron chi connectivity index (χ2n) is 5.66. The molecule has 0 radical (unpaired) electrons. The van der Waals surface area contributed by atoms with Crippen LogP contribution in [0.5, 0.6) is 0 Å². The third-order valence-corrected chi connectivity index (χ3v) is 4.72. The summed E-state index contributed by atoms with van der Waals surface area (Å²) < 4.78 is 4.71. The van der Waals surface area contributed by atoms with Gasteiger partial charge in [-0.05, 0) is 46.5 Å². The number of esters is 1. The summed E-state index contributed by atoms with van der Waals surface area (Å²) in [6.07, 6.45) is 4.03. The molecular weight excluding hydrogens is 367 g/mol. The number of carbonyl (C=O) groups excluding carboxylic acids is 1. The maximum absolute atomic E-state index is 11.5. The fourth-order valence-corrected chi connectivity index (χ4v) is 2.90. The quantitative estimate of drug-likeness (QED) is 0.374. The van der Waals surface area contributed by atoms with Gasteiger partial charge >= 0.3 is 5.97 Å². The number of hydrogen-bond acceptors (Lipinski definition) is 2. The largest absolute Gasteiger partial charge is 0.465 e. The molecule has 0 aliphatic heterocycles. The molecule has 0 bridgehead atoms. The van der Waals surface area contributed by atoms with Gasteiger partial charge in [-0.15, -0.1) is 0 Å².